The molecule has 1 aromatic carbocycles. The van der Waals surface area contributed by atoms with Gasteiger partial charge in [0.15, 0.2) is 5.65 Å². The Labute approximate surface area is 178 Å². The number of anilines is 1. The standard InChI is InChI=1S/C20H20Cl2N4O3/c1-12-16(11-17(27)23-8-10-29-2)26-9-4-7-15(19(26)24-12)25-20(28)18-13(21)5-3-6-14(18)22/h3-7,9H,8,10-11H2,1-2H3,(H,23,27)(H,25,28). The number of aryl methyl sites for hydroxylation is 1. The number of hydrogen-bond donors (Lipinski definition) is 2. The molecule has 2 heterocycles. The Morgan fingerprint density at radius 2 is 1.90 bits per heavy atom. The number of benzene rings is 1. The van der Waals surface area contributed by atoms with E-state index in [1.165, 1.54) is 0 Å². The molecule has 2 aromatic heterocycles. The molecule has 0 aliphatic heterocycles. The van der Waals surface area contributed by atoms with Gasteiger partial charge in [-0.15, -0.1) is 0 Å². The lowest BCUT2D eigenvalue weighted by molar-refractivity contribution is -0.120. The van der Waals surface area contributed by atoms with Crippen molar-refractivity contribution in [1.82, 2.24) is 14.7 Å². The number of ether oxygens (including phenoxy) is 1. The number of rotatable bonds is 7. The molecule has 0 unspecified atom stereocenters. The van der Waals surface area contributed by atoms with E-state index in [-0.39, 0.29) is 27.9 Å². The van der Waals surface area contributed by atoms with Crippen molar-refractivity contribution < 1.29 is 14.3 Å². The molecule has 0 fully saturated rings. The van der Waals surface area contributed by atoms with Crippen LogP contribution in [0.5, 0.6) is 0 Å². The van der Waals surface area contributed by atoms with E-state index in [0.717, 1.165) is 5.69 Å². The minimum Gasteiger partial charge on any atom is -0.383 e. The summed E-state index contributed by atoms with van der Waals surface area (Å²) in [6, 6.07) is 8.37. The van der Waals surface area contributed by atoms with E-state index in [1.54, 1.807) is 48.0 Å². The summed E-state index contributed by atoms with van der Waals surface area (Å²) in [6.07, 6.45) is 1.95. The van der Waals surface area contributed by atoms with Gasteiger partial charge in [0.2, 0.25) is 5.91 Å². The summed E-state index contributed by atoms with van der Waals surface area (Å²) in [5.74, 6) is -0.572. The van der Waals surface area contributed by atoms with Gasteiger partial charge in [0.1, 0.15) is 0 Å². The molecule has 0 aliphatic rings. The molecule has 0 spiro atoms. The van der Waals surface area contributed by atoms with Gasteiger partial charge in [-0.2, -0.15) is 0 Å². The molecule has 0 bridgehead atoms. The highest BCUT2D eigenvalue weighted by Gasteiger charge is 2.19. The van der Waals surface area contributed by atoms with Gasteiger partial charge in [-0.25, -0.2) is 4.98 Å². The summed E-state index contributed by atoms with van der Waals surface area (Å²) in [4.78, 5) is 29.5. The van der Waals surface area contributed by atoms with E-state index < -0.39 is 5.91 Å². The molecular weight excluding hydrogens is 415 g/mol. The molecule has 9 heteroatoms. The second-order valence-electron chi connectivity index (χ2n) is 6.33. The van der Waals surface area contributed by atoms with Crippen molar-refractivity contribution in [3.05, 3.63) is 63.5 Å². The fourth-order valence-electron chi connectivity index (χ4n) is 2.95. The predicted molar refractivity (Wildman–Crippen MR) is 113 cm³/mol. The third-order valence-electron chi connectivity index (χ3n) is 4.34. The number of halogens is 2. The number of carbonyl (C=O) groups is 2. The Morgan fingerprint density at radius 1 is 1.17 bits per heavy atom. The SMILES string of the molecule is COCCNC(=O)Cc1c(C)nc2c(NC(=O)c3c(Cl)cccc3Cl)cccn12. The van der Waals surface area contributed by atoms with Gasteiger partial charge < -0.3 is 19.8 Å². The maximum atomic E-state index is 12.7. The Balaban J connectivity index is 1.87. The van der Waals surface area contributed by atoms with Crippen molar-refractivity contribution in [3.63, 3.8) is 0 Å². The molecular formula is C20H20Cl2N4O3. The monoisotopic (exact) mass is 434 g/mol. The van der Waals surface area contributed by atoms with Gasteiger partial charge in [0, 0.05) is 19.9 Å². The van der Waals surface area contributed by atoms with Gasteiger partial charge in [-0.05, 0) is 31.2 Å². The van der Waals surface area contributed by atoms with Crippen LogP contribution < -0.4 is 10.6 Å². The lowest BCUT2D eigenvalue weighted by Crippen LogP contribution is -2.29. The van der Waals surface area contributed by atoms with Gasteiger partial charge in [0.05, 0.1) is 45.7 Å². The fraction of sp³-hybridized carbons (Fsp3) is 0.250. The van der Waals surface area contributed by atoms with E-state index in [0.29, 0.717) is 30.2 Å². The highest BCUT2D eigenvalue weighted by atomic mass is 35.5. The quantitative estimate of drug-likeness (QED) is 0.557. The van der Waals surface area contributed by atoms with Crippen LogP contribution in [0.15, 0.2) is 36.5 Å². The molecule has 0 aliphatic carbocycles. The van der Waals surface area contributed by atoms with E-state index in [2.05, 4.69) is 15.6 Å². The number of nitrogens with zero attached hydrogens (tertiary/aromatic N) is 2. The Morgan fingerprint density at radius 3 is 2.59 bits per heavy atom. The van der Waals surface area contributed by atoms with Crippen LogP contribution in [0.4, 0.5) is 5.69 Å². The number of nitrogens with one attached hydrogen (secondary N) is 2. The van der Waals surface area contributed by atoms with Crippen molar-refractivity contribution in [2.75, 3.05) is 25.6 Å². The third kappa shape index (κ3) is 4.70. The molecule has 0 saturated carbocycles. The van der Waals surface area contributed by atoms with Crippen molar-refractivity contribution in [2.24, 2.45) is 0 Å². The van der Waals surface area contributed by atoms with Crippen LogP contribution in [0.3, 0.4) is 0 Å². The number of pyridine rings is 1. The first-order chi connectivity index (χ1) is 13.9. The van der Waals surface area contributed by atoms with Crippen molar-refractivity contribution >= 4 is 46.4 Å². The number of imidazole rings is 1. The maximum Gasteiger partial charge on any atom is 0.258 e. The van der Waals surface area contributed by atoms with Crippen LogP contribution in [0.25, 0.3) is 5.65 Å². The van der Waals surface area contributed by atoms with E-state index >= 15 is 0 Å². The zero-order valence-electron chi connectivity index (χ0n) is 16.0. The summed E-state index contributed by atoms with van der Waals surface area (Å²) in [7, 11) is 1.58. The Bertz CT molecular complexity index is 1050. The topological polar surface area (TPSA) is 84.7 Å². The summed E-state index contributed by atoms with van der Waals surface area (Å²) < 4.78 is 6.72. The molecule has 29 heavy (non-hydrogen) atoms. The lowest BCUT2D eigenvalue weighted by atomic mass is 10.2. The largest absolute Gasteiger partial charge is 0.383 e. The van der Waals surface area contributed by atoms with Gasteiger partial charge in [0.25, 0.3) is 5.91 Å². The van der Waals surface area contributed by atoms with Crippen LogP contribution in [-0.2, 0) is 16.0 Å². The highest BCUT2D eigenvalue weighted by Crippen LogP contribution is 2.27. The van der Waals surface area contributed by atoms with E-state index in [1.807, 2.05) is 6.92 Å². The first-order valence-electron chi connectivity index (χ1n) is 8.90. The second-order valence-corrected chi connectivity index (χ2v) is 7.14. The highest BCUT2D eigenvalue weighted by molar-refractivity contribution is 6.40. The summed E-state index contributed by atoms with van der Waals surface area (Å²) in [5.41, 5.74) is 2.65. The third-order valence-corrected chi connectivity index (χ3v) is 4.97. The molecule has 3 aromatic rings. The van der Waals surface area contributed by atoms with Crippen molar-refractivity contribution in [3.8, 4) is 0 Å². The zero-order valence-corrected chi connectivity index (χ0v) is 17.5. The molecule has 0 atom stereocenters. The van der Waals surface area contributed by atoms with Crippen LogP contribution in [0.2, 0.25) is 10.0 Å². The number of carbonyl (C=O) groups excluding carboxylic acids is 2. The first kappa shape index (κ1) is 21.1. The second kappa shape index (κ2) is 9.26. The number of hydrogen-bond acceptors (Lipinski definition) is 4. The minimum absolute atomic E-state index is 0.135. The van der Waals surface area contributed by atoms with E-state index in [4.69, 9.17) is 27.9 Å². The van der Waals surface area contributed by atoms with Crippen molar-refractivity contribution in [1.29, 1.82) is 0 Å². The summed E-state index contributed by atoms with van der Waals surface area (Å²) in [6.45, 7) is 2.70. The number of fused-ring (bicyclic) bond motifs is 1. The molecule has 0 saturated heterocycles. The summed E-state index contributed by atoms with van der Waals surface area (Å²) >= 11 is 12.3. The van der Waals surface area contributed by atoms with Gasteiger partial charge in [-0.1, -0.05) is 29.3 Å². The van der Waals surface area contributed by atoms with Crippen LogP contribution >= 0.6 is 23.2 Å². The average Bonchev–Trinajstić information content (AvgIpc) is 2.98. The fourth-order valence-corrected chi connectivity index (χ4v) is 3.52. The van der Waals surface area contributed by atoms with Crippen LogP contribution in [0.1, 0.15) is 21.7 Å². The average molecular weight is 435 g/mol. The number of methoxy groups -OCH3 is 1. The molecule has 3 rings (SSSR count). The lowest BCUT2D eigenvalue weighted by Gasteiger charge is -2.10. The molecule has 2 N–H and O–H groups in total. The number of amides is 2. The number of aromatic nitrogens is 2. The minimum atomic E-state index is -0.437. The van der Waals surface area contributed by atoms with Crippen LogP contribution in [0, 0.1) is 6.92 Å². The smallest absolute Gasteiger partial charge is 0.258 e. The molecule has 2 amide bonds. The Hall–Kier alpha value is -2.61. The Kier molecular flexibility index (Phi) is 6.74. The molecule has 7 nitrogen and oxygen atoms in total. The van der Waals surface area contributed by atoms with Gasteiger partial charge in [-0.3, -0.25) is 9.59 Å². The maximum absolute atomic E-state index is 12.7. The van der Waals surface area contributed by atoms with Gasteiger partial charge >= 0.3 is 0 Å². The normalized spacial score (nSPS) is 10.9. The zero-order chi connectivity index (χ0) is 21.0. The first-order valence-corrected chi connectivity index (χ1v) is 9.65. The van der Waals surface area contributed by atoms with Crippen molar-refractivity contribution in [2.45, 2.75) is 13.3 Å². The van der Waals surface area contributed by atoms with E-state index in [9.17, 15) is 9.59 Å². The van der Waals surface area contributed by atoms with Crippen LogP contribution in [-0.4, -0.2) is 41.5 Å². The molecule has 152 valence electrons. The predicted octanol–water partition coefficient (Wildman–Crippen LogP) is 3.51. The summed E-state index contributed by atoms with van der Waals surface area (Å²) in [5, 5.41) is 6.12. The molecule has 0 radical (unpaired) electrons.